The van der Waals surface area contributed by atoms with Crippen molar-refractivity contribution in [1.82, 2.24) is 4.57 Å². The van der Waals surface area contributed by atoms with Crippen LogP contribution in [-0.4, -0.2) is 4.57 Å². The van der Waals surface area contributed by atoms with Crippen LogP contribution in [0.4, 0.5) is 0 Å². The van der Waals surface area contributed by atoms with Gasteiger partial charge in [-0.3, -0.25) is 9.36 Å². The van der Waals surface area contributed by atoms with Crippen LogP contribution in [0.2, 0.25) is 5.02 Å². The van der Waals surface area contributed by atoms with Gasteiger partial charge in [0.15, 0.2) is 9.89 Å². The molecule has 2 aromatic carbocycles. The van der Waals surface area contributed by atoms with Gasteiger partial charge in [-0.15, -0.1) is 11.3 Å². The Morgan fingerprint density at radius 2 is 1.89 bits per heavy atom. The lowest BCUT2D eigenvalue weighted by Gasteiger charge is -2.30. The number of hydrogen-bond donors (Lipinski definition) is 0. The van der Waals surface area contributed by atoms with Crippen molar-refractivity contribution >= 4 is 57.8 Å². The number of rotatable bonds is 4. The number of aromatic nitrogens is 1. The molecule has 0 radical (unpaired) electrons. The van der Waals surface area contributed by atoms with E-state index in [1.165, 1.54) is 39.8 Å². The fourth-order valence-electron chi connectivity index (χ4n) is 4.93. The Morgan fingerprint density at radius 1 is 1.03 bits per heavy atom. The van der Waals surface area contributed by atoms with Crippen LogP contribution in [0, 0.1) is 0 Å². The molecule has 8 heteroatoms. The Morgan fingerprint density at radius 3 is 2.73 bits per heavy atom. The second-order valence-electron chi connectivity index (χ2n) is 8.84. The van der Waals surface area contributed by atoms with Gasteiger partial charge in [-0.1, -0.05) is 65.0 Å². The molecule has 1 aliphatic heterocycles. The number of fused-ring (bicyclic) bond motifs is 3. The standard InChI is InChI=1S/C29H19ClN2O2S3/c30-18-8-11-20(12-9-18)36-25-14-10-19(34-25)16-24-28(33)32-27(23-6-3-15-35-23)22-13-7-17-4-1-2-5-21(17)26(22)31-29(32)37-24/h1-6,8-12,14-16,27H,7,13H2/b24-16-. The number of hydrogen-bond acceptors (Lipinski definition) is 6. The Kier molecular flexibility index (Phi) is 5.81. The number of thiophene rings is 1. The summed E-state index contributed by atoms with van der Waals surface area (Å²) >= 11 is 10.6. The number of nitrogens with zero attached hydrogens (tertiary/aromatic N) is 2. The summed E-state index contributed by atoms with van der Waals surface area (Å²) in [5, 5.41) is 3.53. The van der Waals surface area contributed by atoms with Crippen molar-refractivity contribution in [1.29, 1.82) is 0 Å². The maximum atomic E-state index is 13.8. The van der Waals surface area contributed by atoms with Gasteiger partial charge in [0.25, 0.3) is 5.56 Å². The number of allylic oxidation sites excluding steroid dienone is 1. The van der Waals surface area contributed by atoms with Crippen LogP contribution in [0.5, 0.6) is 0 Å². The first-order chi connectivity index (χ1) is 18.1. The molecule has 0 amide bonds. The van der Waals surface area contributed by atoms with Gasteiger partial charge in [-0.05, 0) is 71.8 Å². The molecular formula is C29H19ClN2O2S3. The lowest BCUT2D eigenvalue weighted by molar-refractivity contribution is 0.466. The molecule has 0 saturated carbocycles. The van der Waals surface area contributed by atoms with Gasteiger partial charge in [0.2, 0.25) is 0 Å². The largest absolute Gasteiger partial charge is 0.450 e. The molecule has 1 atom stereocenters. The minimum atomic E-state index is -0.130. The second kappa shape index (κ2) is 9.33. The highest BCUT2D eigenvalue weighted by Crippen LogP contribution is 2.42. The predicted molar refractivity (Wildman–Crippen MR) is 151 cm³/mol. The van der Waals surface area contributed by atoms with E-state index < -0.39 is 0 Å². The van der Waals surface area contributed by atoms with Crippen LogP contribution in [0.15, 0.2) is 108 Å². The summed E-state index contributed by atoms with van der Waals surface area (Å²) in [7, 11) is 0. The van der Waals surface area contributed by atoms with Crippen LogP contribution in [-0.2, 0) is 6.42 Å². The third-order valence-corrected chi connectivity index (χ3v) is 9.68. The van der Waals surface area contributed by atoms with E-state index >= 15 is 0 Å². The van der Waals surface area contributed by atoms with Crippen molar-refractivity contribution in [2.75, 3.05) is 0 Å². The molecule has 5 aromatic rings. The molecule has 0 saturated heterocycles. The van der Waals surface area contributed by atoms with E-state index in [1.807, 2.05) is 47.0 Å². The molecule has 1 unspecified atom stereocenters. The van der Waals surface area contributed by atoms with E-state index in [0.29, 0.717) is 15.3 Å². The zero-order valence-corrected chi connectivity index (χ0v) is 22.6. The predicted octanol–water partition coefficient (Wildman–Crippen LogP) is 6.78. The van der Waals surface area contributed by atoms with E-state index in [0.717, 1.165) is 38.2 Å². The topological polar surface area (TPSA) is 47.5 Å². The van der Waals surface area contributed by atoms with Gasteiger partial charge in [0, 0.05) is 26.4 Å². The van der Waals surface area contributed by atoms with Crippen molar-refractivity contribution < 1.29 is 4.42 Å². The highest BCUT2D eigenvalue weighted by Gasteiger charge is 2.33. The van der Waals surface area contributed by atoms with Crippen molar-refractivity contribution in [3.63, 3.8) is 0 Å². The third kappa shape index (κ3) is 4.16. The molecule has 0 spiro atoms. The molecule has 182 valence electrons. The van der Waals surface area contributed by atoms with E-state index in [-0.39, 0.29) is 11.6 Å². The number of aryl methyl sites for hydroxylation is 1. The van der Waals surface area contributed by atoms with E-state index in [9.17, 15) is 4.79 Å². The molecule has 0 bridgehead atoms. The monoisotopic (exact) mass is 558 g/mol. The first-order valence-corrected chi connectivity index (χ1v) is 14.7. The van der Waals surface area contributed by atoms with Crippen LogP contribution in [0.1, 0.15) is 34.2 Å². The summed E-state index contributed by atoms with van der Waals surface area (Å²) in [5.41, 5.74) is 4.71. The Hall–Kier alpha value is -3.10. The van der Waals surface area contributed by atoms with Crippen LogP contribution >= 0.6 is 46.0 Å². The SMILES string of the molecule is O=c1/c(=C/c2ccc(Sc3ccc(Cl)cc3)o2)sc2n1C(c1cccs1)C1=C(N=2)c2ccccc2CC1. The molecule has 0 fully saturated rings. The molecule has 37 heavy (non-hydrogen) atoms. The van der Waals surface area contributed by atoms with Gasteiger partial charge in [-0.25, -0.2) is 4.99 Å². The minimum Gasteiger partial charge on any atom is -0.450 e. The fourth-order valence-corrected chi connectivity index (χ4v) is 7.67. The average molecular weight is 559 g/mol. The van der Waals surface area contributed by atoms with Crippen LogP contribution in [0.25, 0.3) is 11.8 Å². The van der Waals surface area contributed by atoms with E-state index in [4.69, 9.17) is 21.0 Å². The van der Waals surface area contributed by atoms with Crippen LogP contribution in [0.3, 0.4) is 0 Å². The zero-order valence-electron chi connectivity index (χ0n) is 19.4. The molecule has 4 nitrogen and oxygen atoms in total. The van der Waals surface area contributed by atoms with Gasteiger partial charge in [0.1, 0.15) is 5.76 Å². The van der Waals surface area contributed by atoms with Gasteiger partial charge < -0.3 is 4.42 Å². The molecule has 3 aromatic heterocycles. The Balaban J connectivity index is 1.33. The maximum Gasteiger partial charge on any atom is 0.271 e. The molecule has 0 N–H and O–H groups in total. The molecule has 4 heterocycles. The summed E-state index contributed by atoms with van der Waals surface area (Å²) in [6.45, 7) is 0. The molecular weight excluding hydrogens is 540 g/mol. The first-order valence-electron chi connectivity index (χ1n) is 11.8. The smallest absolute Gasteiger partial charge is 0.271 e. The van der Waals surface area contributed by atoms with Crippen molar-refractivity contribution in [2.24, 2.45) is 4.99 Å². The van der Waals surface area contributed by atoms with Crippen molar-refractivity contribution in [3.8, 4) is 0 Å². The number of thiazole rings is 1. The average Bonchev–Trinajstić information content (AvgIpc) is 3.66. The minimum absolute atomic E-state index is 0.0316. The second-order valence-corrected chi connectivity index (χ2v) is 12.3. The highest BCUT2D eigenvalue weighted by atomic mass is 35.5. The lowest BCUT2D eigenvalue weighted by atomic mass is 9.85. The first kappa shape index (κ1) is 23.0. The van der Waals surface area contributed by atoms with Gasteiger partial charge in [0.05, 0.1) is 16.3 Å². The normalized spacial score (nSPS) is 16.8. The lowest BCUT2D eigenvalue weighted by Crippen LogP contribution is -2.38. The van der Waals surface area contributed by atoms with E-state index in [2.05, 4.69) is 41.8 Å². The Labute approximate surface area is 229 Å². The quantitative estimate of drug-likeness (QED) is 0.244. The summed E-state index contributed by atoms with van der Waals surface area (Å²) in [6, 6.07) is 24.0. The molecule has 1 aliphatic carbocycles. The van der Waals surface area contributed by atoms with Crippen LogP contribution < -0.4 is 14.9 Å². The third-order valence-electron chi connectivity index (χ3n) is 6.59. The van der Waals surface area contributed by atoms with Gasteiger partial charge in [-0.2, -0.15) is 0 Å². The van der Waals surface area contributed by atoms with Gasteiger partial charge >= 0.3 is 0 Å². The van der Waals surface area contributed by atoms with Crippen molar-refractivity contribution in [3.05, 3.63) is 130 Å². The number of halogens is 1. The Bertz CT molecular complexity index is 1840. The zero-order chi connectivity index (χ0) is 24.9. The summed E-state index contributed by atoms with van der Waals surface area (Å²) in [5.74, 6) is 0.642. The molecule has 2 aliphatic rings. The number of benzene rings is 2. The molecule has 7 rings (SSSR count). The van der Waals surface area contributed by atoms with Crippen molar-refractivity contribution in [2.45, 2.75) is 28.9 Å². The summed E-state index contributed by atoms with van der Waals surface area (Å²) in [4.78, 5) is 21.8. The fraction of sp³-hybridized carbons (Fsp3) is 0.103. The summed E-state index contributed by atoms with van der Waals surface area (Å²) < 4.78 is 8.54. The van der Waals surface area contributed by atoms with E-state index in [1.54, 1.807) is 11.3 Å². The highest BCUT2D eigenvalue weighted by molar-refractivity contribution is 7.99. The summed E-state index contributed by atoms with van der Waals surface area (Å²) in [6.07, 6.45) is 3.68. The maximum absolute atomic E-state index is 13.8. The number of furan rings is 1.